The lowest BCUT2D eigenvalue weighted by molar-refractivity contribution is 0.0780. The number of aromatic nitrogens is 2. The smallest absolute Gasteiger partial charge is 0.259 e. The van der Waals surface area contributed by atoms with Gasteiger partial charge in [-0.25, -0.2) is 4.98 Å². The van der Waals surface area contributed by atoms with Crippen LogP contribution in [0, 0.1) is 13.8 Å². The SMILES string of the molecule is Cc1sc2nc(CN3CCC(O)CC3)[nH]c(=O)c2c1C. The summed E-state index contributed by atoms with van der Waals surface area (Å²) < 4.78 is 0. The number of piperidine rings is 1. The summed E-state index contributed by atoms with van der Waals surface area (Å²) in [5.74, 6) is 0.722. The Morgan fingerprint density at radius 2 is 2.10 bits per heavy atom. The zero-order chi connectivity index (χ0) is 14.3. The number of aliphatic hydroxyl groups is 1. The predicted molar refractivity (Wildman–Crippen MR) is 80.2 cm³/mol. The average Bonchev–Trinajstić information content (AvgIpc) is 2.68. The monoisotopic (exact) mass is 293 g/mol. The van der Waals surface area contributed by atoms with Gasteiger partial charge in [0.2, 0.25) is 0 Å². The van der Waals surface area contributed by atoms with Crippen LogP contribution < -0.4 is 5.56 Å². The first-order valence-electron chi connectivity index (χ1n) is 6.94. The zero-order valence-electron chi connectivity index (χ0n) is 11.8. The summed E-state index contributed by atoms with van der Waals surface area (Å²) in [6, 6.07) is 0. The first-order chi connectivity index (χ1) is 9.54. The van der Waals surface area contributed by atoms with Gasteiger partial charge in [0.05, 0.1) is 18.0 Å². The molecule has 0 aliphatic carbocycles. The third-order valence-corrected chi connectivity index (χ3v) is 5.12. The van der Waals surface area contributed by atoms with Crippen LogP contribution in [0.2, 0.25) is 0 Å². The second kappa shape index (κ2) is 5.27. The van der Waals surface area contributed by atoms with Crippen molar-refractivity contribution in [3.8, 4) is 0 Å². The lowest BCUT2D eigenvalue weighted by atomic mass is 10.1. The number of fused-ring (bicyclic) bond motifs is 1. The van der Waals surface area contributed by atoms with Crippen LogP contribution >= 0.6 is 11.3 Å². The highest BCUT2D eigenvalue weighted by Crippen LogP contribution is 2.25. The minimum atomic E-state index is -0.177. The molecule has 1 aliphatic heterocycles. The topological polar surface area (TPSA) is 69.2 Å². The Labute approximate surface area is 121 Å². The summed E-state index contributed by atoms with van der Waals surface area (Å²) in [4.78, 5) is 23.9. The van der Waals surface area contributed by atoms with E-state index >= 15 is 0 Å². The van der Waals surface area contributed by atoms with Crippen molar-refractivity contribution < 1.29 is 5.11 Å². The van der Waals surface area contributed by atoms with Crippen LogP contribution in [0.15, 0.2) is 4.79 Å². The van der Waals surface area contributed by atoms with Crippen molar-refractivity contribution in [1.82, 2.24) is 14.9 Å². The molecule has 1 fully saturated rings. The molecule has 0 atom stereocenters. The Balaban J connectivity index is 1.88. The number of rotatable bonds is 2. The van der Waals surface area contributed by atoms with Gasteiger partial charge in [-0.1, -0.05) is 0 Å². The summed E-state index contributed by atoms with van der Waals surface area (Å²) in [6.07, 6.45) is 1.41. The maximum atomic E-state index is 12.2. The fourth-order valence-electron chi connectivity index (χ4n) is 2.66. The maximum Gasteiger partial charge on any atom is 0.259 e. The first kappa shape index (κ1) is 13.7. The molecule has 0 saturated carbocycles. The second-order valence-corrected chi connectivity index (χ2v) is 6.69. The van der Waals surface area contributed by atoms with Gasteiger partial charge in [-0.3, -0.25) is 9.69 Å². The van der Waals surface area contributed by atoms with Gasteiger partial charge in [-0.05, 0) is 32.3 Å². The summed E-state index contributed by atoms with van der Waals surface area (Å²) in [7, 11) is 0. The van der Waals surface area contributed by atoms with E-state index in [0.717, 1.165) is 52.4 Å². The highest BCUT2D eigenvalue weighted by atomic mass is 32.1. The van der Waals surface area contributed by atoms with Gasteiger partial charge < -0.3 is 10.1 Å². The molecule has 2 N–H and O–H groups in total. The number of H-pyrrole nitrogens is 1. The molecule has 0 amide bonds. The van der Waals surface area contributed by atoms with E-state index in [1.54, 1.807) is 11.3 Å². The summed E-state index contributed by atoms with van der Waals surface area (Å²) >= 11 is 1.58. The van der Waals surface area contributed by atoms with Crippen molar-refractivity contribution >= 4 is 21.6 Å². The molecule has 5 nitrogen and oxygen atoms in total. The van der Waals surface area contributed by atoms with Crippen LogP contribution in [-0.4, -0.2) is 39.2 Å². The Morgan fingerprint density at radius 1 is 1.40 bits per heavy atom. The van der Waals surface area contributed by atoms with Gasteiger partial charge >= 0.3 is 0 Å². The molecule has 3 heterocycles. The van der Waals surface area contributed by atoms with Gasteiger partial charge in [-0.2, -0.15) is 0 Å². The molecular formula is C14H19N3O2S. The van der Waals surface area contributed by atoms with E-state index in [9.17, 15) is 9.90 Å². The third kappa shape index (κ3) is 2.51. The maximum absolute atomic E-state index is 12.2. The lowest BCUT2D eigenvalue weighted by Crippen LogP contribution is -2.36. The molecular weight excluding hydrogens is 274 g/mol. The quantitative estimate of drug-likeness (QED) is 0.881. The number of thiophene rings is 1. The third-order valence-electron chi connectivity index (χ3n) is 4.02. The normalized spacial score (nSPS) is 17.9. The van der Waals surface area contributed by atoms with Gasteiger partial charge in [0.15, 0.2) is 0 Å². The van der Waals surface area contributed by atoms with E-state index in [-0.39, 0.29) is 11.7 Å². The molecule has 0 radical (unpaired) electrons. The van der Waals surface area contributed by atoms with Gasteiger partial charge in [-0.15, -0.1) is 11.3 Å². The summed E-state index contributed by atoms with van der Waals surface area (Å²) in [6.45, 7) is 6.34. The largest absolute Gasteiger partial charge is 0.393 e. The first-order valence-corrected chi connectivity index (χ1v) is 7.75. The minimum Gasteiger partial charge on any atom is -0.393 e. The molecule has 1 aliphatic rings. The van der Waals surface area contributed by atoms with Gasteiger partial charge in [0.1, 0.15) is 10.7 Å². The van der Waals surface area contributed by atoms with E-state index in [4.69, 9.17) is 0 Å². The van der Waals surface area contributed by atoms with E-state index in [2.05, 4.69) is 14.9 Å². The molecule has 2 aromatic heterocycles. The number of nitrogens with one attached hydrogen (secondary N) is 1. The molecule has 20 heavy (non-hydrogen) atoms. The Kier molecular flexibility index (Phi) is 3.62. The summed E-state index contributed by atoms with van der Waals surface area (Å²) in [5, 5.41) is 10.2. The van der Waals surface area contributed by atoms with E-state index < -0.39 is 0 Å². The molecule has 108 valence electrons. The van der Waals surface area contributed by atoms with E-state index in [1.165, 1.54) is 0 Å². The molecule has 6 heteroatoms. The number of aryl methyl sites for hydroxylation is 2. The van der Waals surface area contributed by atoms with Crippen LogP contribution in [0.3, 0.4) is 0 Å². The van der Waals surface area contributed by atoms with Gasteiger partial charge in [0, 0.05) is 18.0 Å². The second-order valence-electron chi connectivity index (χ2n) is 5.48. The highest BCUT2D eigenvalue weighted by molar-refractivity contribution is 7.18. The minimum absolute atomic E-state index is 0.0381. The molecule has 1 saturated heterocycles. The standard InChI is InChI=1S/C14H19N3O2S/c1-8-9(2)20-14-12(8)13(19)15-11(16-14)7-17-5-3-10(18)4-6-17/h10,18H,3-7H2,1-2H3,(H,15,16,19). The van der Waals surface area contributed by atoms with Crippen LogP contribution in [-0.2, 0) is 6.54 Å². The Bertz CT molecular complexity index is 684. The number of aliphatic hydroxyl groups excluding tert-OH is 1. The molecule has 3 rings (SSSR count). The number of hydrogen-bond acceptors (Lipinski definition) is 5. The predicted octanol–water partition coefficient (Wildman–Crippen LogP) is 1.56. The van der Waals surface area contributed by atoms with E-state index in [0.29, 0.717) is 6.54 Å². The highest BCUT2D eigenvalue weighted by Gasteiger charge is 2.18. The molecule has 0 aromatic carbocycles. The van der Waals surface area contributed by atoms with Gasteiger partial charge in [0.25, 0.3) is 5.56 Å². The fourth-order valence-corrected chi connectivity index (χ4v) is 3.71. The van der Waals surface area contributed by atoms with Crippen molar-refractivity contribution in [3.63, 3.8) is 0 Å². The number of likely N-dealkylation sites (tertiary alicyclic amines) is 1. The van der Waals surface area contributed by atoms with Crippen molar-refractivity contribution in [2.45, 2.75) is 39.3 Å². The number of nitrogens with zero attached hydrogens (tertiary/aromatic N) is 2. The Hall–Kier alpha value is -1.24. The fraction of sp³-hybridized carbons (Fsp3) is 0.571. The zero-order valence-corrected chi connectivity index (χ0v) is 12.6. The van der Waals surface area contributed by atoms with Crippen molar-refractivity contribution in [2.24, 2.45) is 0 Å². The summed E-state index contributed by atoms with van der Waals surface area (Å²) in [5.41, 5.74) is 0.996. The Morgan fingerprint density at radius 3 is 2.80 bits per heavy atom. The number of aromatic amines is 1. The number of hydrogen-bond donors (Lipinski definition) is 2. The van der Waals surface area contributed by atoms with Crippen molar-refractivity contribution in [3.05, 3.63) is 26.6 Å². The molecule has 2 aromatic rings. The van der Waals surface area contributed by atoms with Crippen molar-refractivity contribution in [1.29, 1.82) is 0 Å². The van der Waals surface area contributed by atoms with Crippen LogP contribution in [0.1, 0.15) is 29.1 Å². The molecule has 0 bridgehead atoms. The lowest BCUT2D eigenvalue weighted by Gasteiger charge is -2.28. The molecule has 0 spiro atoms. The van der Waals surface area contributed by atoms with Crippen molar-refractivity contribution in [2.75, 3.05) is 13.1 Å². The van der Waals surface area contributed by atoms with Crippen LogP contribution in [0.5, 0.6) is 0 Å². The van der Waals surface area contributed by atoms with Crippen LogP contribution in [0.25, 0.3) is 10.2 Å². The average molecular weight is 293 g/mol. The molecule has 0 unspecified atom stereocenters. The van der Waals surface area contributed by atoms with Crippen LogP contribution in [0.4, 0.5) is 0 Å². The van der Waals surface area contributed by atoms with E-state index in [1.807, 2.05) is 13.8 Å².